The second-order valence-electron chi connectivity index (χ2n) is 9.27. The number of nitrogens with zero attached hydrogens (tertiary/aromatic N) is 6. The summed E-state index contributed by atoms with van der Waals surface area (Å²) in [6.07, 6.45) is 2.34. The van der Waals surface area contributed by atoms with Crippen molar-refractivity contribution in [2.24, 2.45) is 0 Å². The molecular formula is C26H34N6O2. The minimum Gasteiger partial charge on any atom is -0.497 e. The molecule has 5 rings (SSSR count). The van der Waals surface area contributed by atoms with Crippen molar-refractivity contribution in [3.05, 3.63) is 65.0 Å². The van der Waals surface area contributed by atoms with Crippen LogP contribution in [0.5, 0.6) is 5.75 Å². The van der Waals surface area contributed by atoms with E-state index in [4.69, 9.17) is 9.47 Å². The topological polar surface area (TPSA) is 68.5 Å². The molecule has 0 aliphatic carbocycles. The van der Waals surface area contributed by atoms with Crippen LogP contribution in [0.1, 0.15) is 41.4 Å². The Morgan fingerprint density at radius 2 is 1.85 bits per heavy atom. The molecule has 2 aromatic carbocycles. The van der Waals surface area contributed by atoms with Gasteiger partial charge in [0, 0.05) is 38.5 Å². The van der Waals surface area contributed by atoms with Gasteiger partial charge in [-0.25, -0.2) is 4.68 Å². The van der Waals surface area contributed by atoms with Crippen LogP contribution in [-0.2, 0) is 11.3 Å². The number of piperazine rings is 1. The lowest BCUT2D eigenvalue weighted by Crippen LogP contribution is -2.48. The molecule has 2 unspecified atom stereocenters. The molecule has 0 spiro atoms. The van der Waals surface area contributed by atoms with E-state index in [1.54, 1.807) is 7.11 Å². The fourth-order valence-electron chi connectivity index (χ4n) is 5.13. The van der Waals surface area contributed by atoms with Crippen molar-refractivity contribution < 1.29 is 9.47 Å². The number of hydrogen-bond donors (Lipinski definition) is 0. The maximum absolute atomic E-state index is 5.87. The highest BCUT2D eigenvalue weighted by Crippen LogP contribution is 2.31. The smallest absolute Gasteiger partial charge is 0.173 e. The summed E-state index contributed by atoms with van der Waals surface area (Å²) in [7, 11) is 1.70. The molecule has 3 heterocycles. The van der Waals surface area contributed by atoms with Gasteiger partial charge in [0.05, 0.1) is 25.8 Å². The van der Waals surface area contributed by atoms with E-state index in [9.17, 15) is 0 Å². The van der Waals surface area contributed by atoms with Crippen LogP contribution < -0.4 is 9.64 Å². The third-order valence-electron chi connectivity index (χ3n) is 7.23. The zero-order chi connectivity index (χ0) is 23.5. The summed E-state index contributed by atoms with van der Waals surface area (Å²) in [5.41, 5.74) is 5.21. The molecule has 180 valence electrons. The molecule has 2 atom stereocenters. The number of ether oxygens (including phenoxy) is 2. The first-order valence-corrected chi connectivity index (χ1v) is 12.2. The molecule has 8 nitrogen and oxygen atoms in total. The van der Waals surface area contributed by atoms with Gasteiger partial charge >= 0.3 is 0 Å². The van der Waals surface area contributed by atoms with Crippen LogP contribution in [0.25, 0.3) is 0 Å². The molecule has 0 saturated carbocycles. The average Bonchev–Trinajstić information content (AvgIpc) is 3.55. The molecule has 2 aliphatic heterocycles. The third-order valence-corrected chi connectivity index (χ3v) is 7.23. The predicted molar refractivity (Wildman–Crippen MR) is 131 cm³/mol. The molecule has 2 aliphatic rings. The standard InChI is InChI=1S/C26H34N6O2/c1-19-6-4-8-24(20(19)2)30-13-15-31(16-14-30)25(21-9-11-22(33-3)12-10-21)26-27-28-29-32(26)18-23-7-5-17-34-23/h4,6,8-12,23,25H,5,7,13-18H2,1-3H3. The minimum absolute atomic E-state index is 0.0249. The Balaban J connectivity index is 1.40. The highest BCUT2D eigenvalue weighted by molar-refractivity contribution is 5.56. The average molecular weight is 463 g/mol. The van der Waals surface area contributed by atoms with Crippen LogP contribution in [0.15, 0.2) is 42.5 Å². The van der Waals surface area contributed by atoms with Gasteiger partial charge in [-0.3, -0.25) is 4.90 Å². The van der Waals surface area contributed by atoms with E-state index in [1.165, 1.54) is 22.4 Å². The van der Waals surface area contributed by atoms with E-state index in [2.05, 4.69) is 69.5 Å². The van der Waals surface area contributed by atoms with Crippen molar-refractivity contribution in [1.29, 1.82) is 0 Å². The molecule has 0 N–H and O–H groups in total. The van der Waals surface area contributed by atoms with Gasteiger partial charge in [-0.15, -0.1) is 5.10 Å². The lowest BCUT2D eigenvalue weighted by molar-refractivity contribution is 0.0906. The fourth-order valence-corrected chi connectivity index (χ4v) is 5.13. The summed E-state index contributed by atoms with van der Waals surface area (Å²) in [5, 5.41) is 12.9. The van der Waals surface area contributed by atoms with E-state index in [1.807, 2.05) is 16.8 Å². The van der Waals surface area contributed by atoms with Crippen molar-refractivity contribution >= 4 is 5.69 Å². The van der Waals surface area contributed by atoms with E-state index in [-0.39, 0.29) is 12.1 Å². The van der Waals surface area contributed by atoms with Crippen molar-refractivity contribution in [3.8, 4) is 5.75 Å². The van der Waals surface area contributed by atoms with Crippen molar-refractivity contribution in [2.45, 2.75) is 45.4 Å². The van der Waals surface area contributed by atoms with Gasteiger partial charge in [0.1, 0.15) is 5.75 Å². The Kier molecular flexibility index (Phi) is 6.78. The van der Waals surface area contributed by atoms with Gasteiger partial charge in [0.15, 0.2) is 5.82 Å². The van der Waals surface area contributed by atoms with Crippen molar-refractivity contribution in [1.82, 2.24) is 25.1 Å². The Morgan fingerprint density at radius 3 is 2.56 bits per heavy atom. The number of rotatable bonds is 7. The quantitative estimate of drug-likeness (QED) is 0.533. The Bertz CT molecular complexity index is 1080. The molecule has 1 aromatic heterocycles. The molecule has 0 amide bonds. The first kappa shape index (κ1) is 22.8. The third kappa shape index (κ3) is 4.65. The first-order chi connectivity index (χ1) is 16.6. The molecular weight excluding hydrogens is 428 g/mol. The van der Waals surface area contributed by atoms with E-state index in [0.717, 1.165) is 57.2 Å². The van der Waals surface area contributed by atoms with Crippen LogP contribution in [0.2, 0.25) is 0 Å². The Hall–Kier alpha value is -2.97. The van der Waals surface area contributed by atoms with Gasteiger partial charge in [-0.1, -0.05) is 24.3 Å². The zero-order valence-electron chi connectivity index (χ0n) is 20.4. The first-order valence-electron chi connectivity index (χ1n) is 12.2. The van der Waals surface area contributed by atoms with Crippen LogP contribution in [-0.4, -0.2) is 71.1 Å². The SMILES string of the molecule is COc1ccc(C(c2nnnn2CC2CCCO2)N2CCN(c3cccc(C)c3C)CC2)cc1. The van der Waals surface area contributed by atoms with Gasteiger partial charge in [0.2, 0.25) is 0 Å². The van der Waals surface area contributed by atoms with E-state index in [0.29, 0.717) is 6.54 Å². The van der Waals surface area contributed by atoms with Crippen LogP contribution in [0.3, 0.4) is 0 Å². The molecule has 0 bridgehead atoms. The summed E-state index contributed by atoms with van der Waals surface area (Å²) >= 11 is 0. The number of aromatic nitrogens is 4. The zero-order valence-corrected chi connectivity index (χ0v) is 20.4. The van der Waals surface area contributed by atoms with Crippen LogP contribution in [0, 0.1) is 13.8 Å². The summed E-state index contributed by atoms with van der Waals surface area (Å²) in [6, 6.07) is 14.8. The maximum Gasteiger partial charge on any atom is 0.173 e. The molecule has 2 saturated heterocycles. The van der Waals surface area contributed by atoms with E-state index >= 15 is 0 Å². The Labute approximate surface area is 201 Å². The largest absolute Gasteiger partial charge is 0.497 e. The van der Waals surface area contributed by atoms with E-state index < -0.39 is 0 Å². The monoisotopic (exact) mass is 462 g/mol. The number of hydrogen-bond acceptors (Lipinski definition) is 7. The molecule has 0 radical (unpaired) electrons. The fraction of sp³-hybridized carbons (Fsp3) is 0.500. The van der Waals surface area contributed by atoms with Gasteiger partial charge in [0.25, 0.3) is 0 Å². The number of benzene rings is 2. The minimum atomic E-state index is -0.0249. The second kappa shape index (κ2) is 10.1. The number of anilines is 1. The molecule has 8 heteroatoms. The maximum atomic E-state index is 5.87. The Morgan fingerprint density at radius 1 is 1.06 bits per heavy atom. The van der Waals surface area contributed by atoms with Crippen LogP contribution in [0.4, 0.5) is 5.69 Å². The van der Waals surface area contributed by atoms with Gasteiger partial charge in [-0.2, -0.15) is 0 Å². The molecule has 2 fully saturated rings. The second-order valence-corrected chi connectivity index (χ2v) is 9.27. The summed E-state index contributed by atoms with van der Waals surface area (Å²) in [4.78, 5) is 5.00. The van der Waals surface area contributed by atoms with Gasteiger partial charge < -0.3 is 14.4 Å². The number of tetrazole rings is 1. The lowest BCUT2D eigenvalue weighted by Gasteiger charge is -2.40. The van der Waals surface area contributed by atoms with Crippen LogP contribution >= 0.6 is 0 Å². The highest BCUT2D eigenvalue weighted by atomic mass is 16.5. The molecule has 3 aromatic rings. The number of methoxy groups -OCH3 is 1. The highest BCUT2D eigenvalue weighted by Gasteiger charge is 2.32. The summed E-state index contributed by atoms with van der Waals surface area (Å²) in [6.45, 7) is 9.70. The van der Waals surface area contributed by atoms with Crippen molar-refractivity contribution in [3.63, 3.8) is 0 Å². The molecule has 34 heavy (non-hydrogen) atoms. The lowest BCUT2D eigenvalue weighted by atomic mass is 10.0. The van der Waals surface area contributed by atoms with Gasteiger partial charge in [-0.05, 0) is 72.0 Å². The predicted octanol–water partition coefficient (Wildman–Crippen LogP) is 3.39. The van der Waals surface area contributed by atoms with Crippen molar-refractivity contribution in [2.75, 3.05) is 44.8 Å². The summed E-state index contributed by atoms with van der Waals surface area (Å²) < 4.78 is 13.2. The summed E-state index contributed by atoms with van der Waals surface area (Å²) in [5.74, 6) is 1.72. The number of aryl methyl sites for hydroxylation is 1. The normalized spacial score (nSPS) is 20.0.